The summed E-state index contributed by atoms with van der Waals surface area (Å²) in [6.07, 6.45) is 2.95. The second kappa shape index (κ2) is 5.09. The van der Waals surface area contributed by atoms with Crippen LogP contribution in [0.4, 0.5) is 0 Å². The molecule has 1 aromatic rings. The average molecular weight is 254 g/mol. The number of hydrogen-bond donors (Lipinski definition) is 1. The van der Waals surface area contributed by atoms with E-state index in [-0.39, 0.29) is 12.1 Å². The fourth-order valence-corrected chi connectivity index (χ4v) is 2.72. The predicted octanol–water partition coefficient (Wildman–Crippen LogP) is 1.87. The van der Waals surface area contributed by atoms with E-state index in [9.17, 15) is 0 Å². The van der Waals surface area contributed by atoms with Gasteiger partial charge in [-0.2, -0.15) is 5.26 Å². The first-order valence-corrected chi connectivity index (χ1v) is 6.07. The molecule has 92 valence electrons. The van der Waals surface area contributed by atoms with Crippen LogP contribution in [0, 0.1) is 18.3 Å². The Balaban J connectivity index is 2.36. The summed E-state index contributed by atoms with van der Waals surface area (Å²) in [4.78, 5) is 0. The Morgan fingerprint density at radius 2 is 2.41 bits per heavy atom. The van der Waals surface area contributed by atoms with Crippen molar-refractivity contribution in [3.63, 3.8) is 0 Å². The molecule has 0 radical (unpaired) electrons. The summed E-state index contributed by atoms with van der Waals surface area (Å²) in [6, 6.07) is 2.40. The lowest BCUT2D eigenvalue weighted by molar-refractivity contribution is 0.0386. The van der Waals surface area contributed by atoms with E-state index < -0.39 is 0 Å². The van der Waals surface area contributed by atoms with E-state index in [4.69, 9.17) is 21.6 Å². The minimum Gasteiger partial charge on any atom is -0.378 e. The highest BCUT2D eigenvalue weighted by molar-refractivity contribution is 6.31. The van der Waals surface area contributed by atoms with E-state index in [0.717, 1.165) is 25.2 Å². The van der Waals surface area contributed by atoms with Crippen molar-refractivity contribution in [2.75, 3.05) is 20.2 Å². The van der Waals surface area contributed by atoms with Crippen molar-refractivity contribution < 1.29 is 4.74 Å². The lowest BCUT2D eigenvalue weighted by Gasteiger charge is -2.33. The van der Waals surface area contributed by atoms with Crippen LogP contribution in [0.25, 0.3) is 0 Å². The quantitative estimate of drug-likeness (QED) is 0.876. The van der Waals surface area contributed by atoms with Gasteiger partial charge in [-0.25, -0.2) is 0 Å². The van der Waals surface area contributed by atoms with E-state index in [2.05, 4.69) is 16.0 Å². The highest BCUT2D eigenvalue weighted by atomic mass is 35.5. The molecule has 1 saturated heterocycles. The maximum Gasteiger partial charge on any atom is 0.103 e. The molecule has 1 aliphatic rings. The van der Waals surface area contributed by atoms with Crippen LogP contribution >= 0.6 is 11.6 Å². The van der Waals surface area contributed by atoms with Crippen molar-refractivity contribution in [2.45, 2.75) is 25.5 Å². The molecular weight excluding hydrogens is 238 g/mol. The van der Waals surface area contributed by atoms with Crippen molar-refractivity contribution in [3.8, 4) is 6.07 Å². The van der Waals surface area contributed by atoms with Crippen molar-refractivity contribution >= 4 is 11.6 Å². The number of nitriles is 1. The molecule has 0 aromatic carbocycles. The lowest BCUT2D eigenvalue weighted by Crippen LogP contribution is -2.42. The van der Waals surface area contributed by atoms with Crippen LogP contribution in [-0.4, -0.2) is 30.9 Å². The summed E-state index contributed by atoms with van der Waals surface area (Å²) < 4.78 is 7.57. The first-order valence-electron chi connectivity index (χ1n) is 5.69. The minimum absolute atomic E-state index is 0.123. The molecule has 1 fully saturated rings. The molecular formula is C12H16ClN3O. The van der Waals surface area contributed by atoms with Crippen molar-refractivity contribution in [2.24, 2.45) is 0 Å². The first-order chi connectivity index (χ1) is 8.19. The van der Waals surface area contributed by atoms with Crippen LogP contribution in [0.15, 0.2) is 6.20 Å². The fraction of sp³-hybridized carbons (Fsp3) is 0.583. The molecule has 5 heteroatoms. The van der Waals surface area contributed by atoms with E-state index in [1.807, 2.05) is 13.1 Å². The number of hydrogen-bond acceptors (Lipinski definition) is 3. The highest BCUT2D eigenvalue weighted by Crippen LogP contribution is 2.29. The van der Waals surface area contributed by atoms with Gasteiger partial charge in [0.1, 0.15) is 6.07 Å². The predicted molar refractivity (Wildman–Crippen MR) is 66.2 cm³/mol. The fourth-order valence-electron chi connectivity index (χ4n) is 2.44. The van der Waals surface area contributed by atoms with Gasteiger partial charge in [0, 0.05) is 25.5 Å². The third-order valence-electron chi connectivity index (χ3n) is 3.40. The molecule has 2 heterocycles. The number of halogens is 1. The van der Waals surface area contributed by atoms with Crippen LogP contribution < -0.4 is 5.32 Å². The summed E-state index contributed by atoms with van der Waals surface area (Å²) in [5, 5.41) is 12.9. The number of aromatic nitrogens is 1. The largest absolute Gasteiger partial charge is 0.378 e. The van der Waals surface area contributed by atoms with E-state index in [1.165, 1.54) is 0 Å². The van der Waals surface area contributed by atoms with E-state index in [0.29, 0.717) is 10.6 Å². The van der Waals surface area contributed by atoms with Gasteiger partial charge in [-0.15, -0.1) is 0 Å². The minimum atomic E-state index is 0.123. The van der Waals surface area contributed by atoms with Crippen molar-refractivity contribution in [1.82, 2.24) is 9.88 Å². The number of nitrogens with zero attached hydrogens (tertiary/aromatic N) is 2. The molecule has 4 nitrogen and oxygen atoms in total. The zero-order valence-corrected chi connectivity index (χ0v) is 10.8. The Bertz CT molecular complexity index is 449. The van der Waals surface area contributed by atoms with Gasteiger partial charge in [0.2, 0.25) is 0 Å². The van der Waals surface area contributed by atoms with Gasteiger partial charge in [-0.1, -0.05) is 11.6 Å². The van der Waals surface area contributed by atoms with Gasteiger partial charge in [-0.3, -0.25) is 0 Å². The molecule has 2 rings (SSSR count). The molecule has 0 unspecified atom stereocenters. The molecule has 0 spiro atoms. The van der Waals surface area contributed by atoms with Crippen LogP contribution in [0.1, 0.15) is 23.7 Å². The van der Waals surface area contributed by atoms with Crippen LogP contribution in [0.5, 0.6) is 0 Å². The van der Waals surface area contributed by atoms with E-state index in [1.54, 1.807) is 7.11 Å². The third kappa shape index (κ3) is 2.19. The molecule has 0 saturated carbocycles. The second-order valence-electron chi connectivity index (χ2n) is 4.29. The summed E-state index contributed by atoms with van der Waals surface area (Å²) in [6.45, 7) is 3.72. The van der Waals surface area contributed by atoms with Gasteiger partial charge < -0.3 is 14.6 Å². The Morgan fingerprint density at radius 3 is 3.00 bits per heavy atom. The molecule has 1 aromatic heterocycles. The van der Waals surface area contributed by atoms with E-state index >= 15 is 0 Å². The standard InChI is InChI=1S/C12H16ClN3O/c1-8-9(5-14)10(13)7-16(8)11-3-4-15-6-12(11)17-2/h7,11-12,15H,3-4,6H2,1-2H3/t11-,12+/m1/s1. The maximum atomic E-state index is 9.04. The zero-order chi connectivity index (χ0) is 12.4. The summed E-state index contributed by atoms with van der Waals surface area (Å²) in [5.74, 6) is 0. The first kappa shape index (κ1) is 12.4. The monoisotopic (exact) mass is 253 g/mol. The van der Waals surface area contributed by atoms with Gasteiger partial charge in [0.05, 0.1) is 22.7 Å². The average Bonchev–Trinajstić information content (AvgIpc) is 2.64. The number of methoxy groups -OCH3 is 1. The van der Waals surface area contributed by atoms with Gasteiger partial charge in [0.25, 0.3) is 0 Å². The number of rotatable bonds is 2. The zero-order valence-electron chi connectivity index (χ0n) is 10.0. The van der Waals surface area contributed by atoms with Crippen molar-refractivity contribution in [3.05, 3.63) is 22.5 Å². The number of nitrogens with one attached hydrogen (secondary N) is 1. The van der Waals surface area contributed by atoms with Crippen molar-refractivity contribution in [1.29, 1.82) is 5.26 Å². The number of piperidine rings is 1. The van der Waals surface area contributed by atoms with Gasteiger partial charge >= 0.3 is 0 Å². The molecule has 17 heavy (non-hydrogen) atoms. The molecule has 0 amide bonds. The summed E-state index contributed by atoms with van der Waals surface area (Å²) in [7, 11) is 1.72. The SMILES string of the molecule is CO[C@H]1CNCC[C@H]1n1cc(Cl)c(C#N)c1C. The summed E-state index contributed by atoms with van der Waals surface area (Å²) in [5.41, 5.74) is 1.49. The normalized spacial score (nSPS) is 24.6. The Hall–Kier alpha value is -1.02. The molecule has 0 bridgehead atoms. The van der Waals surface area contributed by atoms with Gasteiger partial charge in [-0.05, 0) is 19.9 Å². The molecule has 2 atom stereocenters. The van der Waals surface area contributed by atoms with Crippen LogP contribution in [0.3, 0.4) is 0 Å². The lowest BCUT2D eigenvalue weighted by atomic mass is 10.0. The second-order valence-corrected chi connectivity index (χ2v) is 4.70. The topological polar surface area (TPSA) is 50.0 Å². The Kier molecular flexibility index (Phi) is 3.72. The highest BCUT2D eigenvalue weighted by Gasteiger charge is 2.28. The molecule has 0 aliphatic carbocycles. The third-order valence-corrected chi connectivity index (χ3v) is 3.69. The molecule has 1 aliphatic heterocycles. The summed E-state index contributed by atoms with van der Waals surface area (Å²) >= 11 is 6.06. The maximum absolute atomic E-state index is 9.04. The molecule has 1 N–H and O–H groups in total. The Labute approximate surface area is 106 Å². The smallest absolute Gasteiger partial charge is 0.103 e. The van der Waals surface area contributed by atoms with Crippen LogP contribution in [0.2, 0.25) is 5.02 Å². The number of ether oxygens (including phenoxy) is 1. The van der Waals surface area contributed by atoms with Crippen LogP contribution in [-0.2, 0) is 4.74 Å². The Morgan fingerprint density at radius 1 is 1.65 bits per heavy atom. The van der Waals surface area contributed by atoms with Gasteiger partial charge in [0.15, 0.2) is 0 Å².